The van der Waals surface area contributed by atoms with Crippen LogP contribution in [0.15, 0.2) is 0 Å². The third kappa shape index (κ3) is 4.69. The van der Waals surface area contributed by atoms with E-state index in [-0.39, 0.29) is 5.75 Å². The van der Waals surface area contributed by atoms with Crippen LogP contribution >= 0.6 is 0 Å². The van der Waals surface area contributed by atoms with Crippen LogP contribution in [0.4, 0.5) is 4.39 Å². The van der Waals surface area contributed by atoms with E-state index >= 15 is 0 Å². The molecule has 0 amide bonds. The lowest BCUT2D eigenvalue weighted by Gasteiger charge is -2.03. The first-order valence-corrected chi connectivity index (χ1v) is 4.82. The van der Waals surface area contributed by atoms with Crippen molar-refractivity contribution < 1.29 is 12.8 Å². The zero-order valence-electron chi connectivity index (χ0n) is 5.88. The summed E-state index contributed by atoms with van der Waals surface area (Å²) in [5.74, 6) is -0.536. The number of rotatable bonds is 4. The second-order valence-corrected chi connectivity index (χ2v) is 4.51. The van der Waals surface area contributed by atoms with Crippen LogP contribution in [0.3, 0.4) is 0 Å². The summed E-state index contributed by atoms with van der Waals surface area (Å²) in [5, 5.41) is 0. The fourth-order valence-electron chi connectivity index (χ4n) is 0.601. The van der Waals surface area contributed by atoms with Gasteiger partial charge in [-0.1, -0.05) is 0 Å². The highest BCUT2D eigenvalue weighted by Crippen LogP contribution is 1.92. The largest absolute Gasteiger partial charge is 0.327 e. The maximum Gasteiger partial charge on any atom is 0.154 e. The average molecular weight is 169 g/mol. The SMILES string of the molecule is CC(N)CS(=O)(=O)CCF. The van der Waals surface area contributed by atoms with Crippen molar-refractivity contribution in [1.29, 1.82) is 0 Å². The van der Waals surface area contributed by atoms with Crippen molar-refractivity contribution in [1.82, 2.24) is 0 Å². The number of alkyl halides is 1. The molecule has 0 bridgehead atoms. The number of nitrogens with two attached hydrogens (primary N) is 1. The molecule has 0 fully saturated rings. The Morgan fingerprint density at radius 2 is 2.10 bits per heavy atom. The Morgan fingerprint density at radius 1 is 1.60 bits per heavy atom. The molecule has 5 heteroatoms. The number of halogens is 1. The van der Waals surface area contributed by atoms with Crippen molar-refractivity contribution in [2.45, 2.75) is 13.0 Å². The van der Waals surface area contributed by atoms with Crippen molar-refractivity contribution in [2.24, 2.45) is 5.73 Å². The summed E-state index contributed by atoms with van der Waals surface area (Å²) in [7, 11) is -3.23. The van der Waals surface area contributed by atoms with Gasteiger partial charge >= 0.3 is 0 Å². The quantitative estimate of drug-likeness (QED) is 0.629. The highest BCUT2D eigenvalue weighted by Gasteiger charge is 2.12. The number of hydrogen-bond acceptors (Lipinski definition) is 3. The van der Waals surface area contributed by atoms with Gasteiger partial charge in [-0.15, -0.1) is 0 Å². The summed E-state index contributed by atoms with van der Waals surface area (Å²) in [6.45, 7) is 0.755. The van der Waals surface area contributed by atoms with E-state index in [1.807, 2.05) is 0 Å². The third-order valence-electron chi connectivity index (χ3n) is 0.905. The smallest absolute Gasteiger partial charge is 0.154 e. The van der Waals surface area contributed by atoms with Crippen LogP contribution in [0, 0.1) is 0 Å². The lowest BCUT2D eigenvalue weighted by Crippen LogP contribution is -2.28. The van der Waals surface area contributed by atoms with E-state index in [1.165, 1.54) is 0 Å². The third-order valence-corrected chi connectivity index (χ3v) is 2.71. The summed E-state index contributed by atoms with van der Waals surface area (Å²) < 4.78 is 33.0. The predicted molar refractivity (Wildman–Crippen MR) is 38.3 cm³/mol. The molecule has 0 aliphatic heterocycles. The molecule has 10 heavy (non-hydrogen) atoms. The highest BCUT2D eigenvalue weighted by molar-refractivity contribution is 7.91. The van der Waals surface area contributed by atoms with Gasteiger partial charge in [-0.2, -0.15) is 0 Å². The zero-order chi connectivity index (χ0) is 8.20. The molecule has 0 aliphatic carbocycles. The fraction of sp³-hybridized carbons (Fsp3) is 1.00. The minimum absolute atomic E-state index is 0.128. The molecule has 0 aromatic heterocycles. The Morgan fingerprint density at radius 3 is 2.40 bits per heavy atom. The van der Waals surface area contributed by atoms with Gasteiger partial charge in [0.15, 0.2) is 9.84 Å². The van der Waals surface area contributed by atoms with Gasteiger partial charge in [0.2, 0.25) is 0 Å². The molecule has 0 aliphatic rings. The first-order valence-electron chi connectivity index (χ1n) is 3.00. The number of hydrogen-bond donors (Lipinski definition) is 1. The molecule has 0 radical (unpaired) electrons. The summed E-state index contributed by atoms with van der Waals surface area (Å²) in [6, 6.07) is -0.406. The minimum atomic E-state index is -3.23. The van der Waals surface area contributed by atoms with Crippen LogP contribution in [0.2, 0.25) is 0 Å². The van der Waals surface area contributed by atoms with Gasteiger partial charge in [0.1, 0.15) is 6.67 Å². The summed E-state index contributed by atoms with van der Waals surface area (Å²) >= 11 is 0. The zero-order valence-corrected chi connectivity index (χ0v) is 6.70. The van der Waals surface area contributed by atoms with E-state index in [9.17, 15) is 12.8 Å². The molecule has 0 saturated carbocycles. The Bertz CT molecular complexity index is 176. The maximum atomic E-state index is 11.5. The topological polar surface area (TPSA) is 60.2 Å². The predicted octanol–water partition coefficient (Wildman–Crippen LogP) is -0.282. The van der Waals surface area contributed by atoms with E-state index in [1.54, 1.807) is 6.92 Å². The Kier molecular flexibility index (Phi) is 3.81. The lowest BCUT2D eigenvalue weighted by molar-refractivity contribution is 0.516. The molecule has 62 valence electrons. The van der Waals surface area contributed by atoms with Gasteiger partial charge in [0, 0.05) is 6.04 Å². The molecule has 0 rings (SSSR count). The Balaban J connectivity index is 3.89. The Labute approximate surface area is 60.3 Å². The van der Waals surface area contributed by atoms with Gasteiger partial charge in [0.05, 0.1) is 11.5 Å². The van der Waals surface area contributed by atoms with Crippen LogP contribution in [0.25, 0.3) is 0 Å². The first-order chi connectivity index (χ1) is 4.48. The molecule has 0 aromatic rings. The molecule has 0 aromatic carbocycles. The van der Waals surface area contributed by atoms with Crippen LogP contribution in [-0.2, 0) is 9.84 Å². The monoisotopic (exact) mass is 169 g/mol. The van der Waals surface area contributed by atoms with Crippen molar-refractivity contribution in [3.63, 3.8) is 0 Å². The van der Waals surface area contributed by atoms with Gasteiger partial charge in [-0.25, -0.2) is 12.8 Å². The van der Waals surface area contributed by atoms with Crippen LogP contribution in [-0.4, -0.2) is 32.6 Å². The molecule has 0 spiro atoms. The average Bonchev–Trinajstić information content (AvgIpc) is 1.59. The van der Waals surface area contributed by atoms with Gasteiger partial charge in [-0.05, 0) is 6.92 Å². The summed E-state index contributed by atoms with van der Waals surface area (Å²) in [4.78, 5) is 0. The molecule has 0 saturated heterocycles. The minimum Gasteiger partial charge on any atom is -0.327 e. The normalized spacial score (nSPS) is 15.1. The van der Waals surface area contributed by atoms with Crippen molar-refractivity contribution in [2.75, 3.05) is 18.2 Å². The molecule has 0 heterocycles. The van der Waals surface area contributed by atoms with Crippen LogP contribution < -0.4 is 5.73 Å². The lowest BCUT2D eigenvalue weighted by atomic mass is 10.4. The van der Waals surface area contributed by atoms with Gasteiger partial charge in [0.25, 0.3) is 0 Å². The van der Waals surface area contributed by atoms with Crippen LogP contribution in [0.5, 0.6) is 0 Å². The van der Waals surface area contributed by atoms with E-state index in [0.29, 0.717) is 0 Å². The highest BCUT2D eigenvalue weighted by atomic mass is 32.2. The van der Waals surface area contributed by atoms with E-state index in [4.69, 9.17) is 5.73 Å². The molecular formula is C5H12FNO2S. The second kappa shape index (κ2) is 3.88. The molecule has 1 atom stereocenters. The maximum absolute atomic E-state index is 11.5. The first kappa shape index (κ1) is 9.84. The van der Waals surface area contributed by atoms with Crippen LogP contribution in [0.1, 0.15) is 6.92 Å². The van der Waals surface area contributed by atoms with Crippen molar-refractivity contribution >= 4 is 9.84 Å². The standard InChI is InChI=1S/C5H12FNO2S/c1-5(7)4-10(8,9)3-2-6/h5H,2-4,7H2,1H3. The summed E-state index contributed by atoms with van der Waals surface area (Å²) in [6.07, 6.45) is 0. The van der Waals surface area contributed by atoms with Gasteiger partial charge < -0.3 is 5.73 Å². The fourth-order valence-corrected chi connectivity index (χ4v) is 1.80. The molecule has 3 nitrogen and oxygen atoms in total. The van der Waals surface area contributed by atoms with E-state index < -0.39 is 28.3 Å². The van der Waals surface area contributed by atoms with Gasteiger partial charge in [-0.3, -0.25) is 0 Å². The number of sulfone groups is 1. The molecule has 2 N–H and O–H groups in total. The Hall–Kier alpha value is -0.160. The van der Waals surface area contributed by atoms with Crippen molar-refractivity contribution in [3.05, 3.63) is 0 Å². The second-order valence-electron chi connectivity index (χ2n) is 2.28. The van der Waals surface area contributed by atoms with E-state index in [0.717, 1.165) is 0 Å². The summed E-state index contributed by atoms with van der Waals surface area (Å²) in [5.41, 5.74) is 5.21. The van der Waals surface area contributed by atoms with E-state index in [2.05, 4.69) is 0 Å². The molecule has 1 unspecified atom stereocenters. The molecular weight excluding hydrogens is 157 g/mol. The van der Waals surface area contributed by atoms with Crippen molar-refractivity contribution in [3.8, 4) is 0 Å².